The topological polar surface area (TPSA) is 117 Å². The van der Waals surface area contributed by atoms with Crippen LogP contribution >= 0.6 is 0 Å². The van der Waals surface area contributed by atoms with Crippen molar-refractivity contribution in [2.24, 2.45) is 0 Å². The van der Waals surface area contributed by atoms with E-state index in [1.807, 2.05) is 30.2 Å². The molecule has 3 N–H and O–H groups in total. The molecule has 9 nitrogen and oxygen atoms in total. The lowest BCUT2D eigenvalue weighted by atomic mass is 9.90. The second-order valence-electron chi connectivity index (χ2n) is 10.1. The Hall–Kier alpha value is -3.90. The lowest BCUT2D eigenvalue weighted by Gasteiger charge is -2.38. The number of carbonyl (C=O) groups is 1. The number of pyridine rings is 1. The van der Waals surface area contributed by atoms with Crippen LogP contribution in [0.5, 0.6) is 0 Å². The first-order chi connectivity index (χ1) is 18.5. The Labute approximate surface area is 224 Å². The maximum absolute atomic E-state index is 12.5. The van der Waals surface area contributed by atoms with Gasteiger partial charge in [0, 0.05) is 80.7 Å². The second-order valence-corrected chi connectivity index (χ2v) is 10.1. The third kappa shape index (κ3) is 5.09. The number of carbonyl (C=O) groups excluding carboxylic acids is 1. The molecule has 0 bridgehead atoms. The highest BCUT2D eigenvalue weighted by molar-refractivity contribution is 6.09. The average Bonchev–Trinajstić information content (AvgIpc) is 2.96. The molecule has 0 radical (unpaired) electrons. The summed E-state index contributed by atoms with van der Waals surface area (Å²) in [5.41, 5.74) is 7.44. The van der Waals surface area contributed by atoms with Gasteiger partial charge in [-0.25, -0.2) is 4.79 Å². The first-order valence-electron chi connectivity index (χ1n) is 13.4. The number of amides is 2. The molecule has 38 heavy (non-hydrogen) atoms. The highest BCUT2D eigenvalue weighted by Crippen LogP contribution is 2.36. The molecule has 3 aliphatic heterocycles. The first-order valence-corrected chi connectivity index (χ1v) is 13.4. The SMILES string of the molecule is CNC(=O)N1CCC(NC2CCOCC2)=C(C(=N)N2CCCc3cc(-c4ccncc4C)c(C#N)cc32)C1. The Bertz CT molecular complexity index is 1310. The quantitative estimate of drug-likeness (QED) is 0.424. The number of fused-ring (bicyclic) bond motifs is 1. The van der Waals surface area contributed by atoms with Gasteiger partial charge in [0.25, 0.3) is 0 Å². The summed E-state index contributed by atoms with van der Waals surface area (Å²) < 4.78 is 5.53. The average molecular weight is 514 g/mol. The minimum absolute atomic E-state index is 0.136. The number of nitriles is 1. The smallest absolute Gasteiger partial charge is 0.317 e. The molecular weight excluding hydrogens is 478 g/mol. The van der Waals surface area contributed by atoms with Crippen LogP contribution in [0.25, 0.3) is 11.1 Å². The van der Waals surface area contributed by atoms with E-state index in [4.69, 9.17) is 4.74 Å². The predicted octanol–water partition coefficient (Wildman–Crippen LogP) is 3.73. The summed E-state index contributed by atoms with van der Waals surface area (Å²) in [5.74, 6) is 0.394. The first kappa shape index (κ1) is 25.7. The van der Waals surface area contributed by atoms with Gasteiger partial charge < -0.3 is 25.2 Å². The van der Waals surface area contributed by atoms with Crippen LogP contribution in [0.4, 0.5) is 10.5 Å². The highest BCUT2D eigenvalue weighted by Gasteiger charge is 2.31. The van der Waals surface area contributed by atoms with Gasteiger partial charge >= 0.3 is 6.03 Å². The Morgan fingerprint density at radius 1 is 1.21 bits per heavy atom. The van der Waals surface area contributed by atoms with Crippen molar-refractivity contribution in [3.8, 4) is 17.2 Å². The fourth-order valence-corrected chi connectivity index (χ4v) is 5.68. The third-order valence-corrected chi connectivity index (χ3v) is 7.77. The van der Waals surface area contributed by atoms with Crippen LogP contribution in [0.3, 0.4) is 0 Å². The van der Waals surface area contributed by atoms with Crippen LogP contribution in [-0.2, 0) is 11.2 Å². The molecule has 4 heterocycles. The molecule has 9 heteroatoms. The molecule has 1 fully saturated rings. The zero-order chi connectivity index (χ0) is 26.6. The summed E-state index contributed by atoms with van der Waals surface area (Å²) in [6.07, 6.45) is 7.90. The van der Waals surface area contributed by atoms with Gasteiger partial charge in [-0.05, 0) is 67.5 Å². The molecular formula is C29H35N7O2. The molecule has 1 aromatic carbocycles. The van der Waals surface area contributed by atoms with Crippen molar-refractivity contribution in [3.63, 3.8) is 0 Å². The maximum atomic E-state index is 12.5. The van der Waals surface area contributed by atoms with Crippen LogP contribution in [0.1, 0.15) is 42.4 Å². The number of nitrogens with one attached hydrogen (secondary N) is 3. The molecule has 0 aliphatic carbocycles. The van der Waals surface area contributed by atoms with E-state index in [0.717, 1.165) is 78.1 Å². The van der Waals surface area contributed by atoms with Crippen molar-refractivity contribution in [2.75, 3.05) is 44.8 Å². The predicted molar refractivity (Wildman–Crippen MR) is 147 cm³/mol. The number of hydrogen-bond donors (Lipinski definition) is 3. The lowest BCUT2D eigenvalue weighted by Crippen LogP contribution is -2.48. The van der Waals surface area contributed by atoms with Gasteiger partial charge in [-0.1, -0.05) is 0 Å². The van der Waals surface area contributed by atoms with E-state index in [0.29, 0.717) is 43.5 Å². The van der Waals surface area contributed by atoms with Crippen LogP contribution in [0.15, 0.2) is 41.9 Å². The summed E-state index contributed by atoms with van der Waals surface area (Å²) in [5, 5.41) is 25.9. The summed E-state index contributed by atoms with van der Waals surface area (Å²) >= 11 is 0. The van der Waals surface area contributed by atoms with Gasteiger partial charge in [0.15, 0.2) is 0 Å². The van der Waals surface area contributed by atoms with Gasteiger partial charge in [-0.15, -0.1) is 0 Å². The monoisotopic (exact) mass is 513 g/mol. The Morgan fingerprint density at radius 2 is 2.03 bits per heavy atom. The third-order valence-electron chi connectivity index (χ3n) is 7.77. The number of amidine groups is 1. The van der Waals surface area contributed by atoms with E-state index in [1.165, 1.54) is 0 Å². The molecule has 0 saturated carbocycles. The van der Waals surface area contributed by atoms with E-state index in [9.17, 15) is 15.5 Å². The summed E-state index contributed by atoms with van der Waals surface area (Å²) in [6, 6.07) is 8.56. The van der Waals surface area contributed by atoms with Gasteiger partial charge in [0.1, 0.15) is 5.84 Å². The van der Waals surface area contributed by atoms with E-state index in [2.05, 4.69) is 27.8 Å². The van der Waals surface area contributed by atoms with Gasteiger partial charge in [-0.2, -0.15) is 5.26 Å². The number of nitrogens with zero attached hydrogens (tertiary/aromatic N) is 4. The number of urea groups is 1. The number of benzene rings is 1. The molecule has 2 amide bonds. The highest BCUT2D eigenvalue weighted by atomic mass is 16.5. The van der Waals surface area contributed by atoms with Crippen molar-refractivity contribution in [1.82, 2.24) is 20.5 Å². The van der Waals surface area contributed by atoms with Gasteiger partial charge in [0.05, 0.1) is 18.2 Å². The van der Waals surface area contributed by atoms with E-state index < -0.39 is 0 Å². The standard InChI is InChI=1S/C29H35N7O2/c1-19-17-33-9-5-23(19)24-14-20-4-3-10-36(27(20)15-21(24)16-30)28(31)25-18-35(29(37)32-2)11-6-26(25)34-22-7-12-38-13-8-22/h5,9,14-15,17,22,31,34H,3-4,6-8,10-13,18H2,1-2H3,(H,32,37). The number of aromatic nitrogens is 1. The van der Waals surface area contributed by atoms with Crippen molar-refractivity contribution in [1.29, 1.82) is 10.7 Å². The lowest BCUT2D eigenvalue weighted by molar-refractivity contribution is 0.0798. The van der Waals surface area contributed by atoms with E-state index >= 15 is 0 Å². The van der Waals surface area contributed by atoms with Crippen LogP contribution in [-0.4, -0.2) is 67.7 Å². The zero-order valence-electron chi connectivity index (χ0n) is 22.1. The van der Waals surface area contributed by atoms with Crippen LogP contribution < -0.4 is 15.5 Å². The largest absolute Gasteiger partial charge is 0.385 e. The van der Waals surface area contributed by atoms with E-state index in [-0.39, 0.29) is 6.03 Å². The Morgan fingerprint density at radius 3 is 2.76 bits per heavy atom. The molecule has 0 atom stereocenters. The Kier molecular flexibility index (Phi) is 7.61. The van der Waals surface area contributed by atoms with E-state index in [1.54, 1.807) is 18.1 Å². The van der Waals surface area contributed by atoms with Crippen LogP contribution in [0, 0.1) is 23.7 Å². The number of hydrogen-bond acceptors (Lipinski definition) is 6. The van der Waals surface area contributed by atoms with Crippen LogP contribution in [0.2, 0.25) is 0 Å². The summed E-state index contributed by atoms with van der Waals surface area (Å²) in [6.45, 7) is 5.14. The van der Waals surface area contributed by atoms with Crippen molar-refractivity contribution in [2.45, 2.75) is 45.1 Å². The molecule has 1 aromatic heterocycles. The second kappa shape index (κ2) is 11.2. The fourth-order valence-electron chi connectivity index (χ4n) is 5.68. The normalized spacial score (nSPS) is 18.0. The maximum Gasteiger partial charge on any atom is 0.317 e. The van der Waals surface area contributed by atoms with Crippen molar-refractivity contribution < 1.29 is 9.53 Å². The molecule has 1 saturated heterocycles. The number of aryl methyl sites for hydroxylation is 2. The van der Waals surface area contributed by atoms with Gasteiger partial charge in [0.2, 0.25) is 0 Å². The number of rotatable bonds is 4. The minimum Gasteiger partial charge on any atom is -0.385 e. The number of anilines is 1. The molecule has 2 aromatic rings. The fraction of sp³-hybridized carbons (Fsp3) is 0.448. The summed E-state index contributed by atoms with van der Waals surface area (Å²) in [4.78, 5) is 20.5. The molecule has 0 unspecified atom stereocenters. The Balaban J connectivity index is 1.51. The van der Waals surface area contributed by atoms with Crippen molar-refractivity contribution >= 4 is 17.6 Å². The molecule has 0 spiro atoms. The summed E-state index contributed by atoms with van der Waals surface area (Å²) in [7, 11) is 1.64. The molecule has 198 valence electrons. The van der Waals surface area contributed by atoms with Crippen molar-refractivity contribution in [3.05, 3.63) is 58.6 Å². The van der Waals surface area contributed by atoms with Gasteiger partial charge in [-0.3, -0.25) is 10.4 Å². The zero-order valence-corrected chi connectivity index (χ0v) is 22.1. The molecule has 3 aliphatic rings. The molecule has 5 rings (SSSR count). The minimum atomic E-state index is -0.136. The number of ether oxygens (including phenoxy) is 1.